The fourth-order valence-corrected chi connectivity index (χ4v) is 10.1. The number of carbonyl (C=O) groups is 5. The first-order chi connectivity index (χ1) is 31.2. The topological polar surface area (TPSA) is 303 Å². The number of nitrogens with zero attached hydrogens (tertiary/aromatic N) is 2. The van der Waals surface area contributed by atoms with Crippen molar-refractivity contribution in [3.05, 3.63) is 0 Å². The predicted molar refractivity (Wildman–Crippen MR) is 269 cm³/mol. The van der Waals surface area contributed by atoms with E-state index in [1.165, 1.54) is 0 Å². The molecule has 13 N–H and O–H groups in total. The number of rotatable bonds is 27. The second kappa shape index (κ2) is 30.1. The summed E-state index contributed by atoms with van der Waals surface area (Å²) in [7, 11) is 3.47. The molecule has 0 spiro atoms. The largest absolute Gasteiger partial charge is 0.481 e. The van der Waals surface area contributed by atoms with Gasteiger partial charge < -0.3 is 62.7 Å². The predicted octanol–water partition coefficient (Wildman–Crippen LogP) is 4.61. The fraction of sp³-hybridized carbons (Fsp3) is 0.894. The summed E-state index contributed by atoms with van der Waals surface area (Å²) in [6.45, 7) is 13.3. The van der Waals surface area contributed by atoms with E-state index in [4.69, 9.17) is 17.2 Å². The van der Waals surface area contributed by atoms with Crippen LogP contribution >= 0.6 is 0 Å². The molecule has 0 aromatic carbocycles. The molecular formula is C47H93B3N6O11. The van der Waals surface area contributed by atoms with Gasteiger partial charge in [-0.05, 0) is 108 Å². The van der Waals surface area contributed by atoms with Crippen LogP contribution in [0.3, 0.4) is 0 Å². The first-order valence-electron chi connectivity index (χ1n) is 25.4. The van der Waals surface area contributed by atoms with Crippen LogP contribution < -0.4 is 22.5 Å². The van der Waals surface area contributed by atoms with E-state index in [1.807, 2.05) is 27.7 Å². The standard InChI is InChI=1S/2C17H33BN2O4.C13H27BN2O3/c2*1-12(2)14(19)15(21)20(4)13-7-9-17(11-13,16(22)23)8-5-6-10-18(3)24;1-14(19)7-3-2-5-13(12(17)18)6-4-11(10-13)16-9-8-15/h2*12-14,24H,5-11,19H2,1-4H3,(H,22,23);11,16,19H,2-10,15H2,1H3,(H,17,18)/t13-,14?,17+;13-,14-,17-;11-,13-/m000/s1. The molecule has 3 saturated carbocycles. The van der Waals surface area contributed by atoms with Gasteiger partial charge in [-0.3, -0.25) is 24.0 Å². The number of likely N-dealkylation sites (N-methyl/N-ethyl adjacent to an activating group) is 2. The Morgan fingerprint density at radius 2 is 0.896 bits per heavy atom. The Hall–Kier alpha value is -2.74. The summed E-state index contributed by atoms with van der Waals surface area (Å²) in [5.74, 6) is -2.29. The molecule has 2 amide bonds. The van der Waals surface area contributed by atoms with Crippen LogP contribution in [0.4, 0.5) is 0 Å². The number of nitrogens with two attached hydrogens (primary N) is 3. The van der Waals surface area contributed by atoms with E-state index >= 15 is 0 Å². The summed E-state index contributed by atoms with van der Waals surface area (Å²) in [5, 5.41) is 60.2. The highest BCUT2D eigenvalue weighted by Crippen LogP contribution is 2.46. The summed E-state index contributed by atoms with van der Waals surface area (Å²) in [4.78, 5) is 63.4. The van der Waals surface area contributed by atoms with Crippen molar-refractivity contribution in [3.8, 4) is 0 Å². The normalized spacial score (nSPS) is 25.4. The highest BCUT2D eigenvalue weighted by molar-refractivity contribution is 6.49. The van der Waals surface area contributed by atoms with Crippen LogP contribution in [0.25, 0.3) is 0 Å². The van der Waals surface area contributed by atoms with Crippen molar-refractivity contribution in [3.63, 3.8) is 0 Å². The smallest absolute Gasteiger partial charge is 0.309 e. The van der Waals surface area contributed by atoms with Gasteiger partial charge in [0, 0.05) is 45.3 Å². The molecule has 1 unspecified atom stereocenters. The number of carbonyl (C=O) groups excluding carboxylic acids is 2. The van der Waals surface area contributed by atoms with E-state index in [0.29, 0.717) is 77.0 Å². The number of amides is 2. The summed E-state index contributed by atoms with van der Waals surface area (Å²) in [6, 6.07) is -0.913. The second-order valence-corrected chi connectivity index (χ2v) is 21.5. The van der Waals surface area contributed by atoms with Crippen molar-refractivity contribution in [2.75, 3.05) is 27.2 Å². The third-order valence-electron chi connectivity index (χ3n) is 15.1. The van der Waals surface area contributed by atoms with E-state index in [-0.39, 0.29) is 62.5 Å². The van der Waals surface area contributed by atoms with E-state index in [2.05, 4.69) is 5.32 Å². The fourth-order valence-electron chi connectivity index (χ4n) is 10.1. The van der Waals surface area contributed by atoms with Crippen molar-refractivity contribution in [2.45, 2.75) is 213 Å². The molecule has 0 bridgehead atoms. The van der Waals surface area contributed by atoms with E-state index in [0.717, 1.165) is 70.7 Å². The van der Waals surface area contributed by atoms with Gasteiger partial charge in [0.05, 0.1) is 28.3 Å². The Bertz CT molecular complexity index is 1440. The van der Waals surface area contributed by atoms with Crippen molar-refractivity contribution in [1.82, 2.24) is 15.1 Å². The number of hydrogen-bond donors (Lipinski definition) is 10. The molecule has 3 aliphatic rings. The lowest BCUT2D eigenvalue weighted by Crippen LogP contribution is -2.48. The van der Waals surface area contributed by atoms with Crippen molar-refractivity contribution in [2.24, 2.45) is 45.3 Å². The van der Waals surface area contributed by atoms with Crippen LogP contribution in [0.2, 0.25) is 39.4 Å². The van der Waals surface area contributed by atoms with Gasteiger partial charge >= 0.3 is 17.9 Å². The summed E-state index contributed by atoms with van der Waals surface area (Å²) >= 11 is 0. The van der Waals surface area contributed by atoms with Crippen LogP contribution in [0.15, 0.2) is 0 Å². The summed E-state index contributed by atoms with van der Waals surface area (Å²) in [6.07, 6.45) is 15.0. The molecule has 386 valence electrons. The van der Waals surface area contributed by atoms with Gasteiger partial charge in [0.2, 0.25) is 11.8 Å². The quantitative estimate of drug-likeness (QED) is 0.0397. The molecule has 0 aliphatic heterocycles. The van der Waals surface area contributed by atoms with Crippen molar-refractivity contribution < 1.29 is 54.4 Å². The van der Waals surface area contributed by atoms with Gasteiger partial charge in [0.15, 0.2) is 0 Å². The lowest BCUT2D eigenvalue weighted by molar-refractivity contribution is -0.150. The van der Waals surface area contributed by atoms with Gasteiger partial charge in [0.1, 0.15) is 0 Å². The Morgan fingerprint density at radius 1 is 0.582 bits per heavy atom. The highest BCUT2D eigenvalue weighted by atomic mass is 16.4. The minimum absolute atomic E-state index is 0.0600. The zero-order valence-electron chi connectivity index (χ0n) is 42.9. The molecule has 0 aromatic rings. The number of hydrogen-bond acceptors (Lipinski definition) is 12. The molecule has 0 radical (unpaired) electrons. The second-order valence-electron chi connectivity index (χ2n) is 21.5. The summed E-state index contributed by atoms with van der Waals surface area (Å²) < 4.78 is 0. The molecule has 17 nitrogen and oxygen atoms in total. The number of unbranched alkanes of at least 4 members (excludes halogenated alkanes) is 3. The van der Waals surface area contributed by atoms with E-state index in [9.17, 15) is 54.4 Å². The Labute approximate surface area is 404 Å². The maximum absolute atomic E-state index is 12.4. The average molecular weight is 951 g/mol. The average Bonchev–Trinajstić information content (AvgIpc) is 4.02. The van der Waals surface area contributed by atoms with E-state index < -0.39 is 46.2 Å². The zero-order chi connectivity index (χ0) is 51.3. The lowest BCUT2D eigenvalue weighted by Gasteiger charge is -2.30. The number of nitrogens with one attached hydrogen (secondary N) is 1. The maximum Gasteiger partial charge on any atom is 0.309 e. The molecule has 0 saturated heterocycles. The zero-order valence-corrected chi connectivity index (χ0v) is 42.9. The number of carboxylic acids is 3. The van der Waals surface area contributed by atoms with E-state index in [1.54, 1.807) is 44.4 Å². The van der Waals surface area contributed by atoms with Gasteiger partial charge in [-0.15, -0.1) is 0 Å². The molecule has 3 aliphatic carbocycles. The minimum atomic E-state index is -0.768. The summed E-state index contributed by atoms with van der Waals surface area (Å²) in [5.41, 5.74) is 15.3. The first-order valence-corrected chi connectivity index (χ1v) is 25.4. The van der Waals surface area contributed by atoms with Crippen LogP contribution in [0, 0.1) is 28.1 Å². The number of aliphatic carboxylic acids is 3. The van der Waals surface area contributed by atoms with Gasteiger partial charge in [0.25, 0.3) is 20.7 Å². The molecule has 3 rings (SSSR count). The van der Waals surface area contributed by atoms with Gasteiger partial charge in [-0.1, -0.05) is 86.7 Å². The molecule has 20 heteroatoms. The van der Waals surface area contributed by atoms with Crippen LogP contribution in [0.5, 0.6) is 0 Å². The van der Waals surface area contributed by atoms with Gasteiger partial charge in [-0.25, -0.2) is 0 Å². The van der Waals surface area contributed by atoms with Crippen molar-refractivity contribution >= 4 is 50.5 Å². The third-order valence-corrected chi connectivity index (χ3v) is 15.1. The van der Waals surface area contributed by atoms with Crippen LogP contribution in [0.1, 0.15) is 143 Å². The lowest BCUT2D eigenvalue weighted by atomic mass is 9.66. The maximum atomic E-state index is 12.4. The van der Waals surface area contributed by atoms with Gasteiger partial charge in [-0.2, -0.15) is 0 Å². The molecular weight excluding hydrogens is 857 g/mol. The minimum Gasteiger partial charge on any atom is -0.481 e. The van der Waals surface area contributed by atoms with Crippen LogP contribution in [-0.4, -0.2) is 148 Å². The number of carboxylic acid groups (broad SMARTS) is 3. The molecule has 67 heavy (non-hydrogen) atoms. The Morgan fingerprint density at radius 3 is 1.18 bits per heavy atom. The SMILES string of the molecule is CB(O)CCCC[C@@]1(C(=O)O)CC[C@H](N(C)C(=O)C(N)C(C)C)C1.CB(O)CCCC[C@]1(C(=O)O)CC[C@H](N(C)C(=O)[C@@H](N)C(C)C)C1.CB(O)CCCC[C@]1(C(=O)O)CC[C@H](NCCN)C1. The molecule has 0 heterocycles. The monoisotopic (exact) mass is 951 g/mol. The Balaban J connectivity index is 0.000000507. The molecule has 3 fully saturated rings. The van der Waals surface area contributed by atoms with Crippen LogP contribution in [-0.2, 0) is 24.0 Å². The molecule has 8 atom stereocenters. The highest BCUT2D eigenvalue weighted by Gasteiger charge is 2.49. The Kier molecular flexibility index (Phi) is 28.0. The molecule has 0 aromatic heterocycles. The first kappa shape index (κ1) is 62.3. The van der Waals surface area contributed by atoms with Crippen molar-refractivity contribution in [1.29, 1.82) is 0 Å². The third kappa shape index (κ3) is 20.3.